The third-order valence-corrected chi connectivity index (χ3v) is 3.92. The van der Waals surface area contributed by atoms with Crippen molar-refractivity contribution in [1.82, 2.24) is 5.16 Å². The molecule has 106 valence electrons. The van der Waals surface area contributed by atoms with Crippen molar-refractivity contribution in [3.63, 3.8) is 0 Å². The molecule has 0 aliphatic carbocycles. The van der Waals surface area contributed by atoms with Crippen LogP contribution >= 0.6 is 23.2 Å². The van der Waals surface area contributed by atoms with Gasteiger partial charge in [-0.3, -0.25) is 0 Å². The zero-order valence-electron chi connectivity index (χ0n) is 11.2. The Morgan fingerprint density at radius 2 is 1.86 bits per heavy atom. The Labute approximate surface area is 132 Å². The molecule has 0 atom stereocenters. The average Bonchev–Trinajstić information content (AvgIpc) is 2.84. The first-order chi connectivity index (χ1) is 10.1. The van der Waals surface area contributed by atoms with Crippen LogP contribution in [0.5, 0.6) is 0 Å². The van der Waals surface area contributed by atoms with Crippen LogP contribution < -0.4 is 5.73 Å². The van der Waals surface area contributed by atoms with Crippen molar-refractivity contribution in [3.05, 3.63) is 58.1 Å². The second kappa shape index (κ2) is 5.43. The Morgan fingerprint density at radius 1 is 1.05 bits per heavy atom. The number of hydrogen-bond donors (Lipinski definition) is 1. The Balaban J connectivity index is 2.19. The summed E-state index contributed by atoms with van der Waals surface area (Å²) in [5.74, 6) is 0.254. The van der Waals surface area contributed by atoms with Crippen LogP contribution in [0.3, 0.4) is 0 Å². The molecule has 0 aliphatic heterocycles. The molecule has 5 heteroatoms. The highest BCUT2D eigenvalue weighted by atomic mass is 35.5. The van der Waals surface area contributed by atoms with Gasteiger partial charge in [0.25, 0.3) is 0 Å². The van der Waals surface area contributed by atoms with Crippen LogP contribution in [0.4, 0.5) is 5.88 Å². The predicted molar refractivity (Wildman–Crippen MR) is 86.5 cm³/mol. The van der Waals surface area contributed by atoms with Gasteiger partial charge in [-0.25, -0.2) is 0 Å². The summed E-state index contributed by atoms with van der Waals surface area (Å²) >= 11 is 12.2. The molecule has 0 spiro atoms. The molecule has 0 bridgehead atoms. The highest BCUT2D eigenvalue weighted by Crippen LogP contribution is 2.38. The van der Waals surface area contributed by atoms with Crippen molar-refractivity contribution in [1.29, 1.82) is 0 Å². The lowest BCUT2D eigenvalue weighted by Crippen LogP contribution is -1.88. The molecule has 3 rings (SSSR count). The minimum absolute atomic E-state index is 0.254. The Bertz CT molecular complexity index is 812. The van der Waals surface area contributed by atoms with E-state index in [1.54, 1.807) is 6.07 Å². The van der Waals surface area contributed by atoms with Crippen molar-refractivity contribution >= 4 is 29.1 Å². The van der Waals surface area contributed by atoms with Crippen molar-refractivity contribution in [3.8, 4) is 22.4 Å². The Morgan fingerprint density at radius 3 is 2.57 bits per heavy atom. The molecule has 0 saturated carbocycles. The summed E-state index contributed by atoms with van der Waals surface area (Å²) < 4.78 is 5.16. The minimum Gasteiger partial charge on any atom is -0.367 e. The molecule has 0 amide bonds. The third kappa shape index (κ3) is 2.62. The first kappa shape index (κ1) is 14.0. The van der Waals surface area contributed by atoms with E-state index in [-0.39, 0.29) is 5.88 Å². The number of hydrogen-bond acceptors (Lipinski definition) is 3. The highest BCUT2D eigenvalue weighted by molar-refractivity contribution is 6.31. The summed E-state index contributed by atoms with van der Waals surface area (Å²) in [4.78, 5) is 0. The summed E-state index contributed by atoms with van der Waals surface area (Å²) in [7, 11) is 0. The van der Waals surface area contributed by atoms with E-state index in [9.17, 15) is 0 Å². The zero-order valence-corrected chi connectivity index (χ0v) is 12.7. The number of nitrogens with two attached hydrogens (primary N) is 1. The fraction of sp³-hybridized carbons (Fsp3) is 0.0625. The second-order valence-electron chi connectivity index (χ2n) is 4.74. The highest BCUT2D eigenvalue weighted by Gasteiger charge is 2.18. The molecule has 3 aromatic rings. The standard InChI is InChI=1S/C16H12Cl2N2O/c1-9-5-6-11(8-13(9)18)15-14(16(19)21-20-15)10-3-2-4-12(17)7-10/h2-8H,19H2,1H3. The summed E-state index contributed by atoms with van der Waals surface area (Å²) in [6.07, 6.45) is 0. The molecule has 2 aromatic carbocycles. The molecular formula is C16H12Cl2N2O. The smallest absolute Gasteiger partial charge is 0.230 e. The summed E-state index contributed by atoms with van der Waals surface area (Å²) in [5.41, 5.74) is 10.00. The molecule has 0 unspecified atom stereocenters. The van der Waals surface area contributed by atoms with Crippen LogP contribution in [0, 0.1) is 6.92 Å². The quantitative estimate of drug-likeness (QED) is 0.706. The van der Waals surface area contributed by atoms with Gasteiger partial charge in [-0.1, -0.05) is 52.6 Å². The van der Waals surface area contributed by atoms with E-state index in [1.165, 1.54) is 0 Å². The summed E-state index contributed by atoms with van der Waals surface area (Å²) in [5, 5.41) is 5.36. The van der Waals surface area contributed by atoms with Crippen molar-refractivity contribution < 1.29 is 4.52 Å². The van der Waals surface area contributed by atoms with E-state index >= 15 is 0 Å². The Kier molecular flexibility index (Phi) is 3.62. The maximum absolute atomic E-state index is 6.18. The number of rotatable bonds is 2. The molecule has 21 heavy (non-hydrogen) atoms. The fourth-order valence-electron chi connectivity index (χ4n) is 2.16. The molecule has 0 aliphatic rings. The van der Waals surface area contributed by atoms with Gasteiger partial charge in [0.05, 0.1) is 5.56 Å². The number of halogens is 2. The van der Waals surface area contributed by atoms with E-state index in [1.807, 2.05) is 43.3 Å². The van der Waals surface area contributed by atoms with Crippen molar-refractivity contribution in [2.45, 2.75) is 6.92 Å². The first-order valence-electron chi connectivity index (χ1n) is 6.34. The van der Waals surface area contributed by atoms with E-state index in [0.717, 1.165) is 22.3 Å². The first-order valence-corrected chi connectivity index (χ1v) is 7.09. The van der Waals surface area contributed by atoms with E-state index < -0.39 is 0 Å². The molecule has 3 nitrogen and oxygen atoms in total. The summed E-state index contributed by atoms with van der Waals surface area (Å²) in [6, 6.07) is 13.1. The molecule has 0 saturated heterocycles. The number of aromatic nitrogens is 1. The van der Waals surface area contributed by atoms with Crippen molar-refractivity contribution in [2.24, 2.45) is 0 Å². The van der Waals surface area contributed by atoms with E-state index in [4.69, 9.17) is 33.5 Å². The predicted octanol–water partition coefficient (Wildman–Crippen LogP) is 5.21. The van der Waals surface area contributed by atoms with Gasteiger partial charge in [-0.05, 0) is 36.2 Å². The zero-order chi connectivity index (χ0) is 15.0. The SMILES string of the molecule is Cc1ccc(-c2noc(N)c2-c2cccc(Cl)c2)cc1Cl. The molecule has 2 N–H and O–H groups in total. The van der Waals surface area contributed by atoms with Crippen molar-refractivity contribution in [2.75, 3.05) is 5.73 Å². The van der Waals surface area contributed by atoms with Crippen LogP contribution in [0.25, 0.3) is 22.4 Å². The van der Waals surface area contributed by atoms with Gasteiger partial charge in [0.2, 0.25) is 5.88 Å². The number of nitrogen functional groups attached to an aromatic ring is 1. The topological polar surface area (TPSA) is 52.0 Å². The van der Waals surface area contributed by atoms with Crippen LogP contribution in [0.1, 0.15) is 5.56 Å². The minimum atomic E-state index is 0.254. The Hall–Kier alpha value is -1.97. The second-order valence-corrected chi connectivity index (χ2v) is 5.59. The lowest BCUT2D eigenvalue weighted by molar-refractivity contribution is 0.439. The van der Waals surface area contributed by atoms with Gasteiger partial charge in [0.15, 0.2) is 0 Å². The van der Waals surface area contributed by atoms with Crippen LogP contribution in [-0.2, 0) is 0 Å². The normalized spacial score (nSPS) is 10.8. The third-order valence-electron chi connectivity index (χ3n) is 3.28. The molecule has 0 fully saturated rings. The largest absolute Gasteiger partial charge is 0.367 e. The van der Waals surface area contributed by atoms with Crippen LogP contribution in [-0.4, -0.2) is 5.16 Å². The molecule has 1 heterocycles. The number of benzene rings is 2. The number of nitrogens with zero attached hydrogens (tertiary/aromatic N) is 1. The van der Waals surface area contributed by atoms with Gasteiger partial charge < -0.3 is 10.3 Å². The molecule has 1 aromatic heterocycles. The fourth-order valence-corrected chi connectivity index (χ4v) is 2.53. The lowest BCUT2D eigenvalue weighted by atomic mass is 10.0. The van der Waals surface area contributed by atoms with E-state index in [0.29, 0.717) is 15.7 Å². The monoisotopic (exact) mass is 318 g/mol. The summed E-state index contributed by atoms with van der Waals surface area (Å²) in [6.45, 7) is 1.95. The van der Waals surface area contributed by atoms with Crippen LogP contribution in [0.15, 0.2) is 47.0 Å². The molecular weight excluding hydrogens is 307 g/mol. The number of aryl methyl sites for hydroxylation is 1. The maximum atomic E-state index is 6.18. The average molecular weight is 319 g/mol. The van der Waals surface area contributed by atoms with Gasteiger partial charge in [0, 0.05) is 15.6 Å². The van der Waals surface area contributed by atoms with Gasteiger partial charge in [-0.2, -0.15) is 0 Å². The van der Waals surface area contributed by atoms with Gasteiger partial charge in [0.1, 0.15) is 5.69 Å². The van der Waals surface area contributed by atoms with Gasteiger partial charge in [-0.15, -0.1) is 0 Å². The molecule has 0 radical (unpaired) electrons. The number of anilines is 1. The maximum Gasteiger partial charge on any atom is 0.230 e. The van der Waals surface area contributed by atoms with E-state index in [2.05, 4.69) is 5.16 Å². The van der Waals surface area contributed by atoms with Gasteiger partial charge >= 0.3 is 0 Å². The lowest BCUT2D eigenvalue weighted by Gasteiger charge is -2.05. The van der Waals surface area contributed by atoms with Crippen LogP contribution in [0.2, 0.25) is 10.0 Å².